The number of halogens is 2. The Morgan fingerprint density at radius 1 is 1.00 bits per heavy atom. The van der Waals surface area contributed by atoms with Crippen molar-refractivity contribution >= 4 is 11.6 Å². The third kappa shape index (κ3) is 1.94. The first-order chi connectivity index (χ1) is 6.75. The van der Waals surface area contributed by atoms with Crippen molar-refractivity contribution in [3.05, 3.63) is 59.4 Å². The van der Waals surface area contributed by atoms with Gasteiger partial charge in [0.05, 0.1) is 0 Å². The molecular formula is C12H7ClF. The van der Waals surface area contributed by atoms with Crippen LogP contribution in [0.15, 0.2) is 42.5 Å². The van der Waals surface area contributed by atoms with E-state index in [-0.39, 0.29) is 5.82 Å². The predicted molar refractivity (Wildman–Crippen MR) is 55.7 cm³/mol. The molecule has 0 bridgehead atoms. The molecule has 0 saturated heterocycles. The van der Waals surface area contributed by atoms with Crippen LogP contribution in [0.5, 0.6) is 0 Å². The van der Waals surface area contributed by atoms with Crippen LogP contribution in [0.2, 0.25) is 5.02 Å². The van der Waals surface area contributed by atoms with Crippen molar-refractivity contribution < 1.29 is 4.39 Å². The summed E-state index contributed by atoms with van der Waals surface area (Å²) in [6, 6.07) is 14.7. The summed E-state index contributed by atoms with van der Waals surface area (Å²) < 4.78 is 12.6. The largest absolute Gasteiger partial charge is 0.207 e. The van der Waals surface area contributed by atoms with Gasteiger partial charge in [0.1, 0.15) is 5.82 Å². The molecule has 0 spiro atoms. The second kappa shape index (κ2) is 3.81. The Bertz CT molecular complexity index is 434. The molecule has 0 aliphatic heterocycles. The highest BCUT2D eigenvalue weighted by molar-refractivity contribution is 6.30. The standard InChI is InChI=1S/C12H7ClF/c13-11-3-1-2-10(8-11)9-4-6-12(14)7-5-9/h1-7H. The molecule has 2 rings (SSSR count). The van der Waals surface area contributed by atoms with Crippen molar-refractivity contribution in [3.63, 3.8) is 0 Å². The molecule has 0 aliphatic rings. The molecule has 0 N–H and O–H groups in total. The highest BCUT2D eigenvalue weighted by Gasteiger charge is 1.98. The van der Waals surface area contributed by atoms with Gasteiger partial charge >= 0.3 is 0 Å². The van der Waals surface area contributed by atoms with Crippen LogP contribution in [0, 0.1) is 11.9 Å². The fraction of sp³-hybridized carbons (Fsp3) is 0. The molecule has 0 aromatic heterocycles. The van der Waals surface area contributed by atoms with E-state index in [2.05, 4.69) is 6.07 Å². The van der Waals surface area contributed by atoms with Crippen molar-refractivity contribution in [2.24, 2.45) is 0 Å². The smallest absolute Gasteiger partial charge is 0.123 e. The summed E-state index contributed by atoms with van der Waals surface area (Å²) >= 11 is 5.80. The third-order valence-corrected chi connectivity index (χ3v) is 2.14. The normalized spacial score (nSPS) is 10.1. The minimum atomic E-state index is -0.240. The van der Waals surface area contributed by atoms with Gasteiger partial charge in [-0.2, -0.15) is 0 Å². The second-order valence-corrected chi connectivity index (χ2v) is 3.33. The maximum absolute atomic E-state index is 12.6. The first-order valence-electron chi connectivity index (χ1n) is 4.19. The molecule has 69 valence electrons. The third-order valence-electron chi connectivity index (χ3n) is 1.91. The van der Waals surface area contributed by atoms with Crippen LogP contribution < -0.4 is 0 Å². The molecule has 0 saturated carbocycles. The van der Waals surface area contributed by atoms with Crippen LogP contribution in [-0.2, 0) is 0 Å². The van der Waals surface area contributed by atoms with Crippen LogP contribution in [0.25, 0.3) is 11.1 Å². The quantitative estimate of drug-likeness (QED) is 0.662. The van der Waals surface area contributed by atoms with Gasteiger partial charge in [0.15, 0.2) is 0 Å². The van der Waals surface area contributed by atoms with Crippen LogP contribution in [-0.4, -0.2) is 0 Å². The van der Waals surface area contributed by atoms with E-state index in [9.17, 15) is 4.39 Å². The molecule has 0 heterocycles. The van der Waals surface area contributed by atoms with E-state index in [1.54, 1.807) is 18.2 Å². The Labute approximate surface area is 87.0 Å². The van der Waals surface area contributed by atoms with E-state index in [1.165, 1.54) is 12.1 Å². The summed E-state index contributed by atoms with van der Waals surface area (Å²) in [4.78, 5) is 0. The van der Waals surface area contributed by atoms with E-state index >= 15 is 0 Å². The average Bonchev–Trinajstić information content (AvgIpc) is 2.19. The molecule has 14 heavy (non-hydrogen) atoms. The highest BCUT2D eigenvalue weighted by atomic mass is 35.5. The van der Waals surface area contributed by atoms with Gasteiger partial charge in [-0.05, 0) is 29.3 Å². The van der Waals surface area contributed by atoms with Crippen molar-refractivity contribution in [2.45, 2.75) is 0 Å². The summed E-state index contributed by atoms with van der Waals surface area (Å²) in [6.45, 7) is 0. The molecule has 2 aromatic rings. The lowest BCUT2D eigenvalue weighted by Crippen LogP contribution is -1.78. The summed E-state index contributed by atoms with van der Waals surface area (Å²) in [5.41, 5.74) is 1.78. The average molecular weight is 206 g/mol. The zero-order valence-electron chi connectivity index (χ0n) is 7.30. The highest BCUT2D eigenvalue weighted by Crippen LogP contribution is 2.21. The zero-order valence-corrected chi connectivity index (χ0v) is 8.05. The molecule has 2 heteroatoms. The van der Waals surface area contributed by atoms with Gasteiger partial charge in [0.25, 0.3) is 0 Å². The first-order valence-corrected chi connectivity index (χ1v) is 4.57. The topological polar surface area (TPSA) is 0 Å². The van der Waals surface area contributed by atoms with Gasteiger partial charge < -0.3 is 0 Å². The number of rotatable bonds is 1. The summed E-state index contributed by atoms with van der Waals surface area (Å²) in [5, 5.41) is 0.562. The van der Waals surface area contributed by atoms with Gasteiger partial charge in [0, 0.05) is 11.1 Å². The Balaban J connectivity index is 2.44. The number of benzene rings is 2. The maximum Gasteiger partial charge on any atom is 0.123 e. The lowest BCUT2D eigenvalue weighted by Gasteiger charge is -2.00. The predicted octanol–water partition coefficient (Wildman–Crippen LogP) is 3.95. The molecule has 0 aliphatic carbocycles. The minimum Gasteiger partial charge on any atom is -0.207 e. The van der Waals surface area contributed by atoms with Gasteiger partial charge in [0.2, 0.25) is 0 Å². The van der Waals surface area contributed by atoms with E-state index in [4.69, 9.17) is 11.6 Å². The Kier molecular flexibility index (Phi) is 2.51. The molecular weight excluding hydrogens is 199 g/mol. The Morgan fingerprint density at radius 3 is 2.36 bits per heavy atom. The van der Waals surface area contributed by atoms with Crippen molar-refractivity contribution in [1.82, 2.24) is 0 Å². The molecule has 2 aromatic carbocycles. The van der Waals surface area contributed by atoms with E-state index in [0.29, 0.717) is 5.02 Å². The van der Waals surface area contributed by atoms with Gasteiger partial charge in [-0.25, -0.2) is 4.39 Å². The van der Waals surface area contributed by atoms with Crippen molar-refractivity contribution in [2.75, 3.05) is 0 Å². The van der Waals surface area contributed by atoms with Gasteiger partial charge in [-0.15, -0.1) is 0 Å². The fourth-order valence-electron chi connectivity index (χ4n) is 1.24. The van der Waals surface area contributed by atoms with Crippen LogP contribution in [0.3, 0.4) is 0 Å². The number of hydrogen-bond donors (Lipinski definition) is 0. The van der Waals surface area contributed by atoms with Crippen LogP contribution in [0.4, 0.5) is 4.39 Å². The van der Waals surface area contributed by atoms with Gasteiger partial charge in [-0.1, -0.05) is 35.9 Å². The van der Waals surface area contributed by atoms with E-state index < -0.39 is 0 Å². The lowest BCUT2D eigenvalue weighted by atomic mass is 10.1. The summed E-state index contributed by atoms with van der Waals surface area (Å²) in [6.07, 6.45) is 0. The monoisotopic (exact) mass is 205 g/mol. The molecule has 0 amide bonds. The second-order valence-electron chi connectivity index (χ2n) is 2.92. The summed E-state index contributed by atoms with van der Waals surface area (Å²) in [5.74, 6) is -0.240. The Hall–Kier alpha value is -1.34. The van der Waals surface area contributed by atoms with Crippen molar-refractivity contribution in [3.8, 4) is 11.1 Å². The van der Waals surface area contributed by atoms with E-state index in [0.717, 1.165) is 11.1 Å². The summed E-state index contributed by atoms with van der Waals surface area (Å²) in [7, 11) is 0. The van der Waals surface area contributed by atoms with Crippen LogP contribution >= 0.6 is 11.6 Å². The van der Waals surface area contributed by atoms with Gasteiger partial charge in [-0.3, -0.25) is 0 Å². The molecule has 0 atom stereocenters. The Morgan fingerprint density at radius 2 is 1.71 bits per heavy atom. The molecule has 0 nitrogen and oxygen atoms in total. The van der Waals surface area contributed by atoms with Crippen LogP contribution in [0.1, 0.15) is 0 Å². The fourth-order valence-corrected chi connectivity index (χ4v) is 1.41. The maximum atomic E-state index is 12.6. The van der Waals surface area contributed by atoms with Crippen molar-refractivity contribution in [1.29, 1.82) is 0 Å². The molecule has 1 radical (unpaired) electrons. The molecule has 0 fully saturated rings. The first kappa shape index (κ1) is 9.22. The zero-order chi connectivity index (χ0) is 9.97. The number of hydrogen-bond acceptors (Lipinski definition) is 0. The minimum absolute atomic E-state index is 0.240. The SMILES string of the molecule is Fc1ccc(-c2[c]c(Cl)ccc2)cc1. The molecule has 0 unspecified atom stereocenters. The lowest BCUT2D eigenvalue weighted by molar-refractivity contribution is 0.628. The van der Waals surface area contributed by atoms with E-state index in [1.807, 2.05) is 12.1 Å².